The third kappa shape index (κ3) is 3.61. The van der Waals surface area contributed by atoms with Crippen molar-refractivity contribution in [2.45, 2.75) is 38.8 Å². The standard InChI is InChI=1S/C18H27N5O5/c1-21-13(9-19-28-4)20-15-14(21)16(24)23(18(26)22(15)2)10-11-5-7-12(8-6-11)17(25)27-3/h11-12,19H,5-10H2,1-4H3. The van der Waals surface area contributed by atoms with Crippen LogP contribution in [0.3, 0.4) is 0 Å². The number of hydrogen-bond donors (Lipinski definition) is 1. The van der Waals surface area contributed by atoms with Crippen molar-refractivity contribution in [1.82, 2.24) is 24.2 Å². The summed E-state index contributed by atoms with van der Waals surface area (Å²) in [6.07, 6.45) is 2.99. The van der Waals surface area contributed by atoms with E-state index in [0.29, 0.717) is 42.9 Å². The molecule has 2 aromatic heterocycles. The molecule has 0 bridgehead atoms. The zero-order valence-corrected chi connectivity index (χ0v) is 16.7. The molecule has 10 nitrogen and oxygen atoms in total. The van der Waals surface area contributed by atoms with Crippen molar-refractivity contribution < 1.29 is 14.4 Å². The van der Waals surface area contributed by atoms with Crippen LogP contribution in [0.15, 0.2) is 9.59 Å². The van der Waals surface area contributed by atoms with Gasteiger partial charge < -0.3 is 14.1 Å². The molecule has 2 heterocycles. The lowest BCUT2D eigenvalue weighted by atomic mass is 9.82. The Morgan fingerprint density at radius 1 is 1.14 bits per heavy atom. The van der Waals surface area contributed by atoms with Crippen LogP contribution in [0.5, 0.6) is 0 Å². The number of carbonyl (C=O) groups excluding carboxylic acids is 1. The molecule has 1 fully saturated rings. The van der Waals surface area contributed by atoms with E-state index in [4.69, 9.17) is 9.57 Å². The first-order valence-corrected chi connectivity index (χ1v) is 9.37. The average molecular weight is 393 g/mol. The van der Waals surface area contributed by atoms with Gasteiger partial charge >= 0.3 is 11.7 Å². The van der Waals surface area contributed by atoms with Crippen LogP contribution in [-0.2, 0) is 41.6 Å². The molecule has 154 valence electrons. The molecule has 0 spiro atoms. The fraction of sp³-hybridized carbons (Fsp3) is 0.667. The molecule has 1 N–H and O–H groups in total. The minimum atomic E-state index is -0.378. The Kier molecular flexibility index (Phi) is 5.99. The van der Waals surface area contributed by atoms with Gasteiger partial charge in [-0.05, 0) is 31.6 Å². The van der Waals surface area contributed by atoms with E-state index in [1.807, 2.05) is 0 Å². The van der Waals surface area contributed by atoms with E-state index in [-0.39, 0.29) is 29.1 Å². The van der Waals surface area contributed by atoms with Gasteiger partial charge in [0.25, 0.3) is 5.56 Å². The van der Waals surface area contributed by atoms with Crippen molar-refractivity contribution in [2.24, 2.45) is 25.9 Å². The zero-order chi connectivity index (χ0) is 20.4. The second kappa shape index (κ2) is 8.27. The number of hydrogen-bond acceptors (Lipinski definition) is 7. The summed E-state index contributed by atoms with van der Waals surface area (Å²) in [7, 11) is 6.27. The number of fused-ring (bicyclic) bond motifs is 1. The van der Waals surface area contributed by atoms with Gasteiger partial charge in [-0.15, -0.1) is 0 Å². The zero-order valence-electron chi connectivity index (χ0n) is 16.7. The first-order valence-electron chi connectivity index (χ1n) is 9.37. The van der Waals surface area contributed by atoms with Gasteiger partial charge in [-0.3, -0.25) is 18.7 Å². The molecular formula is C18H27N5O5. The molecule has 0 aromatic carbocycles. The highest BCUT2D eigenvalue weighted by molar-refractivity contribution is 5.72. The summed E-state index contributed by atoms with van der Waals surface area (Å²) in [5, 5.41) is 0. The van der Waals surface area contributed by atoms with Crippen molar-refractivity contribution >= 4 is 17.1 Å². The number of carbonyl (C=O) groups is 1. The second-order valence-electron chi connectivity index (χ2n) is 7.28. The summed E-state index contributed by atoms with van der Waals surface area (Å²) < 4.78 is 9.21. The molecule has 1 aliphatic rings. The number of ether oxygens (including phenoxy) is 1. The van der Waals surface area contributed by atoms with Crippen LogP contribution in [0.25, 0.3) is 11.2 Å². The van der Waals surface area contributed by atoms with E-state index in [2.05, 4.69) is 10.5 Å². The minimum Gasteiger partial charge on any atom is -0.469 e. The summed E-state index contributed by atoms with van der Waals surface area (Å²) in [6, 6.07) is 0. The van der Waals surface area contributed by atoms with Crippen molar-refractivity contribution in [2.75, 3.05) is 14.2 Å². The summed E-state index contributed by atoms with van der Waals surface area (Å²) in [6.45, 7) is 0.652. The lowest BCUT2D eigenvalue weighted by molar-refractivity contribution is -0.146. The van der Waals surface area contributed by atoms with E-state index in [1.165, 1.54) is 23.4 Å². The molecule has 0 aliphatic heterocycles. The van der Waals surface area contributed by atoms with Gasteiger partial charge in [0.1, 0.15) is 5.82 Å². The summed E-state index contributed by atoms with van der Waals surface area (Å²) in [5.41, 5.74) is 2.73. The van der Waals surface area contributed by atoms with Crippen molar-refractivity contribution in [1.29, 1.82) is 0 Å². The van der Waals surface area contributed by atoms with Crippen LogP contribution in [0, 0.1) is 11.8 Å². The van der Waals surface area contributed by atoms with Gasteiger partial charge in [0.05, 0.1) is 26.7 Å². The summed E-state index contributed by atoms with van der Waals surface area (Å²) in [4.78, 5) is 46.8. The van der Waals surface area contributed by atoms with E-state index in [0.717, 1.165) is 12.8 Å². The number of imidazole rings is 1. The molecular weight excluding hydrogens is 366 g/mol. The molecule has 10 heteroatoms. The highest BCUT2D eigenvalue weighted by Crippen LogP contribution is 2.30. The van der Waals surface area contributed by atoms with Crippen LogP contribution in [0.4, 0.5) is 0 Å². The maximum Gasteiger partial charge on any atom is 0.332 e. The van der Waals surface area contributed by atoms with Gasteiger partial charge in [-0.2, -0.15) is 5.48 Å². The third-order valence-electron chi connectivity index (χ3n) is 5.65. The van der Waals surface area contributed by atoms with Gasteiger partial charge in [-0.1, -0.05) is 0 Å². The Bertz CT molecular complexity index is 981. The number of rotatable bonds is 6. The van der Waals surface area contributed by atoms with Crippen LogP contribution < -0.4 is 16.7 Å². The van der Waals surface area contributed by atoms with E-state index < -0.39 is 0 Å². The van der Waals surface area contributed by atoms with Crippen LogP contribution in [0.2, 0.25) is 0 Å². The number of aromatic nitrogens is 4. The monoisotopic (exact) mass is 393 g/mol. The van der Waals surface area contributed by atoms with E-state index >= 15 is 0 Å². The molecule has 3 rings (SSSR count). The fourth-order valence-electron chi connectivity index (χ4n) is 3.95. The van der Waals surface area contributed by atoms with Crippen LogP contribution in [0.1, 0.15) is 31.5 Å². The number of esters is 1. The Balaban J connectivity index is 1.90. The third-order valence-corrected chi connectivity index (χ3v) is 5.65. The number of nitrogens with zero attached hydrogens (tertiary/aromatic N) is 4. The van der Waals surface area contributed by atoms with Gasteiger partial charge in [0.15, 0.2) is 11.2 Å². The molecule has 0 unspecified atom stereocenters. The molecule has 28 heavy (non-hydrogen) atoms. The van der Waals surface area contributed by atoms with Crippen LogP contribution in [-0.4, -0.2) is 38.9 Å². The fourth-order valence-corrected chi connectivity index (χ4v) is 3.95. The number of hydroxylamine groups is 1. The SMILES string of the molecule is CONCc1nc2c(c(=O)n(CC3CCC(C(=O)OC)CC3)c(=O)n2C)n1C. The van der Waals surface area contributed by atoms with Gasteiger partial charge in [0.2, 0.25) is 0 Å². The topological polar surface area (TPSA) is 109 Å². The Morgan fingerprint density at radius 2 is 1.82 bits per heavy atom. The lowest BCUT2D eigenvalue weighted by Crippen LogP contribution is -2.41. The molecule has 0 atom stereocenters. The van der Waals surface area contributed by atoms with Crippen LogP contribution >= 0.6 is 0 Å². The molecule has 2 aromatic rings. The number of aryl methyl sites for hydroxylation is 2. The Morgan fingerprint density at radius 3 is 2.43 bits per heavy atom. The quantitative estimate of drug-likeness (QED) is 0.546. The molecule has 0 amide bonds. The van der Waals surface area contributed by atoms with E-state index in [9.17, 15) is 14.4 Å². The molecule has 0 radical (unpaired) electrons. The Labute approximate surface area is 162 Å². The van der Waals surface area contributed by atoms with Gasteiger partial charge in [-0.25, -0.2) is 9.78 Å². The maximum absolute atomic E-state index is 13.1. The normalized spacial score (nSPS) is 19.9. The highest BCUT2D eigenvalue weighted by Gasteiger charge is 2.28. The highest BCUT2D eigenvalue weighted by atomic mass is 16.6. The predicted octanol–water partition coefficient (Wildman–Crippen LogP) is 0.0641. The van der Waals surface area contributed by atoms with Crippen molar-refractivity contribution in [3.63, 3.8) is 0 Å². The Hall–Kier alpha value is -2.46. The molecule has 1 aliphatic carbocycles. The lowest BCUT2D eigenvalue weighted by Gasteiger charge is -2.27. The predicted molar refractivity (Wildman–Crippen MR) is 102 cm³/mol. The second-order valence-corrected chi connectivity index (χ2v) is 7.28. The van der Waals surface area contributed by atoms with Crippen molar-refractivity contribution in [3.8, 4) is 0 Å². The number of methoxy groups -OCH3 is 1. The largest absolute Gasteiger partial charge is 0.469 e. The van der Waals surface area contributed by atoms with Crippen molar-refractivity contribution in [3.05, 3.63) is 26.7 Å². The first-order chi connectivity index (χ1) is 13.4. The minimum absolute atomic E-state index is 0.0869. The average Bonchev–Trinajstić information content (AvgIpc) is 3.04. The van der Waals surface area contributed by atoms with Gasteiger partial charge in [0, 0.05) is 20.6 Å². The first kappa shape index (κ1) is 20.3. The maximum atomic E-state index is 13.1. The number of nitrogens with one attached hydrogen (secondary N) is 1. The molecule has 1 saturated carbocycles. The van der Waals surface area contributed by atoms with E-state index in [1.54, 1.807) is 18.7 Å². The summed E-state index contributed by atoms with van der Waals surface area (Å²) in [5.74, 6) is 0.503. The molecule has 0 saturated heterocycles. The smallest absolute Gasteiger partial charge is 0.332 e. The summed E-state index contributed by atoms with van der Waals surface area (Å²) >= 11 is 0.